The second kappa shape index (κ2) is 8.56. The zero-order valence-electron chi connectivity index (χ0n) is 15.8. The molecule has 2 aromatic carbocycles. The quantitative estimate of drug-likeness (QED) is 0.702. The number of nitrogens with zero attached hydrogens (tertiary/aromatic N) is 2. The highest BCUT2D eigenvalue weighted by atomic mass is 16.5. The third-order valence-electron chi connectivity index (χ3n) is 4.79. The van der Waals surface area contributed by atoms with Crippen LogP contribution in [0, 0.1) is 5.92 Å². The minimum Gasteiger partial charge on any atom is -0.457 e. The van der Waals surface area contributed by atoms with Crippen LogP contribution in [0.4, 0.5) is 5.69 Å². The zero-order valence-corrected chi connectivity index (χ0v) is 15.8. The third kappa shape index (κ3) is 4.60. The minimum atomic E-state index is -0.369. The number of carbonyl (C=O) groups is 2. The van der Waals surface area contributed by atoms with Gasteiger partial charge in [-0.25, -0.2) is 0 Å². The SMILES string of the molecule is O=C(NCc1ccccn1)[C@H]1CC(=O)N(c2ccc(Oc3ccccc3)cc2)C1. The molecule has 6 nitrogen and oxygen atoms in total. The van der Waals surface area contributed by atoms with Gasteiger partial charge in [0.05, 0.1) is 18.2 Å². The van der Waals surface area contributed by atoms with Gasteiger partial charge in [-0.15, -0.1) is 0 Å². The highest BCUT2D eigenvalue weighted by molar-refractivity contribution is 6.00. The summed E-state index contributed by atoms with van der Waals surface area (Å²) in [4.78, 5) is 30.7. The van der Waals surface area contributed by atoms with Crippen molar-refractivity contribution < 1.29 is 14.3 Å². The molecule has 3 aromatic rings. The molecule has 1 fully saturated rings. The molecule has 0 spiro atoms. The van der Waals surface area contributed by atoms with Crippen molar-refractivity contribution in [1.29, 1.82) is 0 Å². The fraction of sp³-hybridized carbons (Fsp3) is 0.174. The van der Waals surface area contributed by atoms with E-state index in [1.54, 1.807) is 11.1 Å². The van der Waals surface area contributed by atoms with Crippen molar-refractivity contribution in [3.8, 4) is 11.5 Å². The van der Waals surface area contributed by atoms with E-state index in [4.69, 9.17) is 4.74 Å². The Labute approximate surface area is 169 Å². The number of para-hydroxylation sites is 1. The molecule has 29 heavy (non-hydrogen) atoms. The molecule has 1 saturated heterocycles. The van der Waals surface area contributed by atoms with Crippen LogP contribution in [0.3, 0.4) is 0 Å². The van der Waals surface area contributed by atoms with Gasteiger partial charge in [0.15, 0.2) is 0 Å². The largest absolute Gasteiger partial charge is 0.457 e. The maximum atomic E-state index is 12.5. The van der Waals surface area contributed by atoms with E-state index in [2.05, 4.69) is 10.3 Å². The number of anilines is 1. The lowest BCUT2D eigenvalue weighted by molar-refractivity contribution is -0.126. The van der Waals surface area contributed by atoms with Gasteiger partial charge in [-0.1, -0.05) is 24.3 Å². The lowest BCUT2D eigenvalue weighted by Crippen LogP contribution is -2.32. The fourth-order valence-corrected chi connectivity index (χ4v) is 3.28. The number of ether oxygens (including phenoxy) is 1. The molecular weight excluding hydrogens is 366 g/mol. The van der Waals surface area contributed by atoms with Gasteiger partial charge in [0.1, 0.15) is 11.5 Å². The Morgan fingerprint density at radius 1 is 1.00 bits per heavy atom. The van der Waals surface area contributed by atoms with Crippen molar-refractivity contribution in [3.63, 3.8) is 0 Å². The van der Waals surface area contributed by atoms with Crippen molar-refractivity contribution in [2.75, 3.05) is 11.4 Å². The van der Waals surface area contributed by atoms with E-state index < -0.39 is 0 Å². The molecular formula is C23H21N3O3. The van der Waals surface area contributed by atoms with Crippen molar-refractivity contribution in [2.45, 2.75) is 13.0 Å². The minimum absolute atomic E-state index is 0.0558. The number of hydrogen-bond acceptors (Lipinski definition) is 4. The van der Waals surface area contributed by atoms with Gasteiger partial charge >= 0.3 is 0 Å². The Morgan fingerprint density at radius 3 is 2.45 bits per heavy atom. The first-order valence-corrected chi connectivity index (χ1v) is 9.50. The Hall–Kier alpha value is -3.67. The van der Waals surface area contributed by atoms with Gasteiger partial charge in [-0.2, -0.15) is 0 Å². The van der Waals surface area contributed by atoms with Crippen LogP contribution in [-0.2, 0) is 16.1 Å². The van der Waals surface area contributed by atoms with Crippen LogP contribution >= 0.6 is 0 Å². The molecule has 146 valence electrons. The molecule has 1 aliphatic heterocycles. The van der Waals surface area contributed by atoms with Crippen LogP contribution in [0.1, 0.15) is 12.1 Å². The summed E-state index contributed by atoms with van der Waals surface area (Å²) in [6.45, 7) is 0.724. The monoisotopic (exact) mass is 387 g/mol. The summed E-state index contributed by atoms with van der Waals surface area (Å²) < 4.78 is 5.78. The molecule has 0 radical (unpaired) electrons. The predicted molar refractivity (Wildman–Crippen MR) is 110 cm³/mol. The van der Waals surface area contributed by atoms with Crippen LogP contribution in [0.15, 0.2) is 79.0 Å². The summed E-state index contributed by atoms with van der Waals surface area (Å²) in [7, 11) is 0. The molecule has 0 bridgehead atoms. The Balaban J connectivity index is 1.35. The number of rotatable bonds is 6. The Morgan fingerprint density at radius 2 is 1.72 bits per heavy atom. The first kappa shape index (κ1) is 18.7. The van der Waals surface area contributed by atoms with Crippen molar-refractivity contribution >= 4 is 17.5 Å². The molecule has 0 saturated carbocycles. The third-order valence-corrected chi connectivity index (χ3v) is 4.79. The second-order valence-electron chi connectivity index (χ2n) is 6.85. The van der Waals surface area contributed by atoms with E-state index in [0.29, 0.717) is 18.8 Å². The number of nitrogens with one attached hydrogen (secondary N) is 1. The average molecular weight is 387 g/mol. The molecule has 1 aliphatic rings. The zero-order chi connectivity index (χ0) is 20.1. The van der Waals surface area contributed by atoms with Gasteiger partial charge in [0.25, 0.3) is 0 Å². The number of hydrogen-bond donors (Lipinski definition) is 1. The molecule has 4 rings (SSSR count). The van der Waals surface area contributed by atoms with Crippen LogP contribution in [0.2, 0.25) is 0 Å². The second-order valence-corrected chi connectivity index (χ2v) is 6.85. The number of benzene rings is 2. The van der Waals surface area contributed by atoms with Crippen molar-refractivity contribution in [1.82, 2.24) is 10.3 Å². The number of amides is 2. The van der Waals surface area contributed by atoms with E-state index in [0.717, 1.165) is 17.1 Å². The summed E-state index contributed by atoms with van der Waals surface area (Å²) in [6.07, 6.45) is 1.89. The van der Waals surface area contributed by atoms with Gasteiger partial charge in [-0.05, 0) is 48.5 Å². The first-order valence-electron chi connectivity index (χ1n) is 9.50. The van der Waals surface area contributed by atoms with Crippen LogP contribution in [-0.4, -0.2) is 23.3 Å². The number of pyridine rings is 1. The molecule has 1 N–H and O–H groups in total. The molecule has 0 unspecified atom stereocenters. The number of carbonyl (C=O) groups excluding carboxylic acids is 2. The van der Waals surface area contributed by atoms with Crippen LogP contribution < -0.4 is 15.0 Å². The average Bonchev–Trinajstić information content (AvgIpc) is 3.16. The van der Waals surface area contributed by atoms with Crippen molar-refractivity contribution in [2.24, 2.45) is 5.92 Å². The number of aromatic nitrogens is 1. The van der Waals surface area contributed by atoms with E-state index in [1.165, 1.54) is 0 Å². The van der Waals surface area contributed by atoms with Gasteiger partial charge in [0, 0.05) is 24.8 Å². The topological polar surface area (TPSA) is 71.5 Å². The van der Waals surface area contributed by atoms with Crippen LogP contribution in [0.5, 0.6) is 11.5 Å². The summed E-state index contributed by atoms with van der Waals surface area (Å²) in [6, 6.07) is 22.4. The maximum absolute atomic E-state index is 12.5. The van der Waals surface area contributed by atoms with Gasteiger partial charge in [-0.3, -0.25) is 14.6 Å². The highest BCUT2D eigenvalue weighted by Gasteiger charge is 2.35. The van der Waals surface area contributed by atoms with Crippen molar-refractivity contribution in [3.05, 3.63) is 84.7 Å². The molecule has 6 heteroatoms. The lowest BCUT2D eigenvalue weighted by Gasteiger charge is -2.17. The van der Waals surface area contributed by atoms with Crippen LogP contribution in [0.25, 0.3) is 0 Å². The molecule has 1 aromatic heterocycles. The van der Waals surface area contributed by atoms with Gasteiger partial charge < -0.3 is 15.0 Å². The van der Waals surface area contributed by atoms with E-state index in [9.17, 15) is 9.59 Å². The highest BCUT2D eigenvalue weighted by Crippen LogP contribution is 2.28. The first-order chi connectivity index (χ1) is 14.2. The lowest BCUT2D eigenvalue weighted by atomic mass is 10.1. The van der Waals surface area contributed by atoms with E-state index in [1.807, 2.05) is 72.8 Å². The maximum Gasteiger partial charge on any atom is 0.227 e. The Kier molecular flexibility index (Phi) is 5.52. The summed E-state index contributed by atoms with van der Waals surface area (Å²) in [5.41, 5.74) is 1.55. The summed E-state index contributed by atoms with van der Waals surface area (Å²) in [5.74, 6) is 0.889. The summed E-state index contributed by atoms with van der Waals surface area (Å²) in [5, 5.41) is 2.87. The molecule has 0 aliphatic carbocycles. The van der Waals surface area contributed by atoms with E-state index in [-0.39, 0.29) is 24.2 Å². The molecule has 1 atom stereocenters. The molecule has 2 heterocycles. The predicted octanol–water partition coefficient (Wildman–Crippen LogP) is 3.54. The summed E-state index contributed by atoms with van der Waals surface area (Å²) >= 11 is 0. The standard InChI is InChI=1S/C23H21N3O3/c27-22-14-17(23(28)25-15-18-6-4-5-13-24-18)16-26(22)19-9-11-21(12-10-19)29-20-7-2-1-3-8-20/h1-13,17H,14-16H2,(H,25,28)/t17-/m0/s1. The normalized spacial score (nSPS) is 15.9. The molecule has 2 amide bonds. The van der Waals surface area contributed by atoms with E-state index >= 15 is 0 Å². The smallest absolute Gasteiger partial charge is 0.227 e. The Bertz CT molecular complexity index is 975. The fourth-order valence-electron chi connectivity index (χ4n) is 3.28. The van der Waals surface area contributed by atoms with Gasteiger partial charge in [0.2, 0.25) is 11.8 Å².